The van der Waals surface area contributed by atoms with Crippen LogP contribution in [0.1, 0.15) is 58.3 Å². The van der Waals surface area contributed by atoms with Gasteiger partial charge >= 0.3 is 13.8 Å². The summed E-state index contributed by atoms with van der Waals surface area (Å²) in [5.41, 5.74) is 3.75. The second kappa shape index (κ2) is 14.2. The minimum atomic E-state index is -5.01. The second-order valence-electron chi connectivity index (χ2n) is 9.28. The fraction of sp³-hybridized carbons (Fsp3) is 0.640. The maximum absolute atomic E-state index is 11.7. The molecule has 1 saturated carbocycles. The Morgan fingerprint density at radius 3 is 2.60 bits per heavy atom. The number of ether oxygens (including phenoxy) is 1. The summed E-state index contributed by atoms with van der Waals surface area (Å²) >= 11 is 0. The Kier molecular flexibility index (Phi) is 12.1. The number of phosphoric ester groups is 1. The van der Waals surface area contributed by atoms with Crippen molar-refractivity contribution < 1.29 is 38.6 Å². The summed E-state index contributed by atoms with van der Waals surface area (Å²) in [6.45, 7) is 1.91. The second-order valence-corrected chi connectivity index (χ2v) is 10.5. The number of allylic oxidation sites excluding steroid dienone is 3. The van der Waals surface area contributed by atoms with Gasteiger partial charge in [0.25, 0.3) is 0 Å². The molecule has 6 N–H and O–H groups in total. The molecular formula is C25H40NO8P. The van der Waals surface area contributed by atoms with Crippen molar-refractivity contribution in [3.63, 3.8) is 0 Å². The van der Waals surface area contributed by atoms with Gasteiger partial charge in [0.05, 0.1) is 6.10 Å². The Bertz CT molecular complexity index is 829. The van der Waals surface area contributed by atoms with Crippen LogP contribution in [-0.2, 0) is 18.6 Å². The zero-order valence-corrected chi connectivity index (χ0v) is 21.2. The van der Waals surface area contributed by atoms with Crippen LogP contribution in [0.15, 0.2) is 48.6 Å². The van der Waals surface area contributed by atoms with E-state index in [1.165, 1.54) is 43.6 Å². The SMILES string of the molecule is CC[C@H]1C=CC(=O)O[C@@H]1/C=C/C(O)(CCN)[C@@H](C[C@@H](O)/C=C\C=C/C1CCCCC1)OP(=O)(O)O. The molecule has 0 saturated heterocycles. The van der Waals surface area contributed by atoms with Crippen molar-refractivity contribution in [1.82, 2.24) is 0 Å². The quantitative estimate of drug-likeness (QED) is 0.108. The Labute approximate surface area is 207 Å². The van der Waals surface area contributed by atoms with E-state index >= 15 is 0 Å². The molecule has 1 fully saturated rings. The standard InChI is InChI=1S/C25H40NO8P/c1-2-20-12-13-24(28)33-22(20)14-15-25(29,16-17-26)23(34-35(30,31)32)18-21(27)11-7-6-10-19-8-4-3-5-9-19/h6-7,10-15,19-23,27,29H,2-5,8-9,16-18,26H2,1H3,(H2,30,31,32)/b10-6-,11-7-,15-14+/t20-,21-,22+,23+,25?/m0/s1. The lowest BCUT2D eigenvalue weighted by atomic mass is 9.86. The summed E-state index contributed by atoms with van der Waals surface area (Å²) < 4.78 is 21.9. The van der Waals surface area contributed by atoms with Crippen molar-refractivity contribution in [3.8, 4) is 0 Å². The summed E-state index contributed by atoms with van der Waals surface area (Å²) in [6, 6.07) is 0. The molecule has 1 unspecified atom stereocenters. The highest BCUT2D eigenvalue weighted by Gasteiger charge is 2.40. The van der Waals surface area contributed by atoms with E-state index in [1.54, 1.807) is 12.2 Å². The molecule has 5 atom stereocenters. The molecule has 1 heterocycles. The fourth-order valence-corrected chi connectivity index (χ4v) is 5.11. The van der Waals surface area contributed by atoms with Crippen LogP contribution >= 0.6 is 7.82 Å². The monoisotopic (exact) mass is 513 g/mol. The lowest BCUT2D eigenvalue weighted by Crippen LogP contribution is -2.45. The van der Waals surface area contributed by atoms with E-state index in [4.69, 9.17) is 15.0 Å². The third-order valence-corrected chi connectivity index (χ3v) is 7.03. The van der Waals surface area contributed by atoms with Gasteiger partial charge in [0.1, 0.15) is 17.8 Å². The number of rotatable bonds is 13. The topological polar surface area (TPSA) is 160 Å². The smallest absolute Gasteiger partial charge is 0.454 e. The molecule has 0 bridgehead atoms. The molecule has 2 aliphatic rings. The maximum atomic E-state index is 11.7. The van der Waals surface area contributed by atoms with Crippen LogP contribution in [0.3, 0.4) is 0 Å². The average Bonchev–Trinajstić information content (AvgIpc) is 2.80. The molecule has 0 aromatic heterocycles. The summed E-state index contributed by atoms with van der Waals surface area (Å²) in [4.78, 5) is 30.6. The fourth-order valence-electron chi connectivity index (χ4n) is 4.51. The van der Waals surface area contributed by atoms with Gasteiger partial charge < -0.3 is 30.5 Å². The van der Waals surface area contributed by atoms with E-state index in [1.807, 2.05) is 13.0 Å². The molecule has 198 valence electrons. The van der Waals surface area contributed by atoms with E-state index < -0.39 is 37.7 Å². The van der Waals surface area contributed by atoms with Gasteiger partial charge in [-0.05, 0) is 44.2 Å². The molecule has 0 aromatic carbocycles. The van der Waals surface area contributed by atoms with Crippen molar-refractivity contribution >= 4 is 13.8 Å². The summed E-state index contributed by atoms with van der Waals surface area (Å²) in [5.74, 6) is -0.111. The number of hydrogen-bond acceptors (Lipinski definition) is 7. The average molecular weight is 514 g/mol. The largest absolute Gasteiger partial charge is 0.469 e. The third-order valence-electron chi connectivity index (χ3n) is 6.50. The number of cyclic esters (lactones) is 1. The number of carbonyl (C=O) groups is 1. The van der Waals surface area contributed by atoms with Gasteiger partial charge in [0.2, 0.25) is 0 Å². The molecule has 0 radical (unpaired) electrons. The van der Waals surface area contributed by atoms with E-state index in [0.717, 1.165) is 12.8 Å². The van der Waals surface area contributed by atoms with E-state index in [0.29, 0.717) is 12.3 Å². The summed E-state index contributed by atoms with van der Waals surface area (Å²) in [5, 5.41) is 21.9. The summed E-state index contributed by atoms with van der Waals surface area (Å²) in [6.07, 6.45) is 16.0. The van der Waals surface area contributed by atoms with Gasteiger partial charge in [-0.3, -0.25) is 4.52 Å². The molecule has 35 heavy (non-hydrogen) atoms. The highest BCUT2D eigenvalue weighted by molar-refractivity contribution is 7.46. The van der Waals surface area contributed by atoms with Crippen molar-refractivity contribution in [3.05, 3.63) is 48.6 Å². The predicted octanol–water partition coefficient (Wildman–Crippen LogP) is 3.05. The van der Waals surface area contributed by atoms with E-state index in [9.17, 15) is 29.4 Å². The highest BCUT2D eigenvalue weighted by atomic mass is 31.2. The van der Waals surface area contributed by atoms with Crippen molar-refractivity contribution in [1.29, 1.82) is 0 Å². The molecular weight excluding hydrogens is 473 g/mol. The lowest BCUT2D eigenvalue weighted by molar-refractivity contribution is -0.143. The van der Waals surface area contributed by atoms with Crippen molar-refractivity contribution in [2.75, 3.05) is 6.54 Å². The molecule has 10 heteroatoms. The number of aliphatic hydroxyl groups excluding tert-OH is 1. The zero-order chi connectivity index (χ0) is 25.9. The van der Waals surface area contributed by atoms with Crippen molar-refractivity contribution in [2.24, 2.45) is 17.6 Å². The minimum Gasteiger partial charge on any atom is -0.454 e. The van der Waals surface area contributed by atoms with Crippen LogP contribution in [0.25, 0.3) is 0 Å². The maximum Gasteiger partial charge on any atom is 0.469 e. The molecule has 9 nitrogen and oxygen atoms in total. The zero-order valence-electron chi connectivity index (χ0n) is 20.3. The van der Waals surface area contributed by atoms with Gasteiger partial charge in [0.15, 0.2) is 0 Å². The molecule has 0 spiro atoms. The molecule has 2 rings (SSSR count). The van der Waals surface area contributed by atoms with Crippen LogP contribution in [-0.4, -0.2) is 56.4 Å². The lowest BCUT2D eigenvalue weighted by Gasteiger charge is -2.35. The first kappa shape index (κ1) is 29.6. The molecule has 1 aliphatic carbocycles. The first-order valence-electron chi connectivity index (χ1n) is 12.3. The molecule has 0 aromatic rings. The van der Waals surface area contributed by atoms with Crippen LogP contribution in [0, 0.1) is 11.8 Å². The Morgan fingerprint density at radius 2 is 1.97 bits per heavy atom. The van der Waals surface area contributed by atoms with Crippen LogP contribution in [0.5, 0.6) is 0 Å². The number of aliphatic hydroxyl groups is 2. The molecule has 1 aliphatic heterocycles. The van der Waals surface area contributed by atoms with Gasteiger partial charge in [0, 0.05) is 18.4 Å². The number of nitrogens with two attached hydrogens (primary N) is 1. The van der Waals surface area contributed by atoms with Gasteiger partial charge in [-0.25, -0.2) is 9.36 Å². The highest BCUT2D eigenvalue weighted by Crippen LogP contribution is 2.42. The first-order valence-corrected chi connectivity index (χ1v) is 13.9. The Hall–Kier alpha value is -1.58. The summed E-state index contributed by atoms with van der Waals surface area (Å²) in [7, 11) is -5.01. The van der Waals surface area contributed by atoms with E-state index in [-0.39, 0.29) is 25.3 Å². The van der Waals surface area contributed by atoms with Crippen molar-refractivity contribution in [2.45, 2.75) is 82.2 Å². The number of hydrogen-bond donors (Lipinski definition) is 5. The molecule has 0 amide bonds. The van der Waals surface area contributed by atoms with Gasteiger partial charge in [-0.1, -0.05) is 62.6 Å². The first-order chi connectivity index (χ1) is 16.6. The van der Waals surface area contributed by atoms with Crippen LogP contribution in [0.2, 0.25) is 0 Å². The predicted molar refractivity (Wildman–Crippen MR) is 133 cm³/mol. The van der Waals surface area contributed by atoms with E-state index in [2.05, 4.69) is 6.08 Å². The van der Waals surface area contributed by atoms with Crippen LogP contribution < -0.4 is 5.73 Å². The van der Waals surface area contributed by atoms with Gasteiger partial charge in [-0.2, -0.15) is 0 Å². The number of phosphoric acid groups is 1. The van der Waals surface area contributed by atoms with Gasteiger partial charge in [-0.15, -0.1) is 0 Å². The minimum absolute atomic E-state index is 0.0144. The Morgan fingerprint density at radius 1 is 1.26 bits per heavy atom. The van der Waals surface area contributed by atoms with Crippen LogP contribution in [0.4, 0.5) is 0 Å². The number of esters is 1. The Balaban J connectivity index is 2.16. The normalized spacial score (nSPS) is 25.8. The third kappa shape index (κ3) is 10.5. The number of carbonyl (C=O) groups excluding carboxylic acids is 1.